The molecule has 2 aliphatic rings. The van der Waals surface area contributed by atoms with Gasteiger partial charge in [-0.1, -0.05) is 30.2 Å². The second-order valence-corrected chi connectivity index (χ2v) is 7.87. The molecule has 3 amide bonds. The number of rotatable bonds is 5. The highest BCUT2D eigenvalue weighted by Gasteiger charge is 2.39. The molecule has 0 heterocycles. The van der Waals surface area contributed by atoms with Crippen molar-refractivity contribution < 1.29 is 9.59 Å². The highest BCUT2D eigenvalue weighted by Crippen LogP contribution is 2.39. The van der Waals surface area contributed by atoms with Crippen molar-refractivity contribution in [2.75, 3.05) is 6.54 Å². The fraction of sp³-hybridized carbons (Fsp3) is 0.579. The lowest BCUT2D eigenvalue weighted by Gasteiger charge is -2.45. The Hall–Kier alpha value is -1.50. The Bertz CT molecular complexity index is 627. The van der Waals surface area contributed by atoms with Crippen LogP contribution in [0.3, 0.4) is 0 Å². The zero-order valence-electron chi connectivity index (χ0n) is 15.2. The molecule has 2 fully saturated rings. The van der Waals surface area contributed by atoms with Gasteiger partial charge >= 0.3 is 6.03 Å². The van der Waals surface area contributed by atoms with Crippen molar-refractivity contribution in [1.29, 1.82) is 0 Å². The number of benzene rings is 1. The molecule has 3 rings (SSSR count). The average molecular weight is 415 g/mol. The molecule has 2 saturated carbocycles. The van der Waals surface area contributed by atoms with E-state index in [1.165, 1.54) is 6.42 Å². The predicted octanol–water partition coefficient (Wildman–Crippen LogP) is 2.58. The summed E-state index contributed by atoms with van der Waals surface area (Å²) in [4.78, 5) is 24.1. The highest BCUT2D eigenvalue weighted by atomic mass is 35.5. The Balaban J connectivity index is 0.00000261. The molecule has 5 N–H and O–H groups in total. The van der Waals surface area contributed by atoms with Gasteiger partial charge in [0.2, 0.25) is 5.91 Å². The number of nitrogens with one attached hydrogen (secondary N) is 3. The van der Waals surface area contributed by atoms with Gasteiger partial charge in [-0.3, -0.25) is 4.79 Å². The number of fused-ring (bicyclic) bond motifs is 2. The second-order valence-electron chi connectivity index (χ2n) is 7.44. The summed E-state index contributed by atoms with van der Waals surface area (Å²) in [5.74, 6) is 0.810. The number of nitrogens with two attached hydrogens (primary N) is 1. The maximum atomic E-state index is 12.2. The van der Waals surface area contributed by atoms with E-state index in [2.05, 4.69) is 16.0 Å². The normalized spacial score (nSPS) is 26.4. The Morgan fingerprint density at radius 2 is 1.70 bits per heavy atom. The van der Waals surface area contributed by atoms with Crippen molar-refractivity contribution in [3.8, 4) is 0 Å². The van der Waals surface area contributed by atoms with Gasteiger partial charge in [-0.05, 0) is 55.2 Å². The monoisotopic (exact) mass is 414 g/mol. The Morgan fingerprint density at radius 1 is 1.07 bits per heavy atom. The molecule has 6 nitrogen and oxygen atoms in total. The first-order valence-electron chi connectivity index (χ1n) is 9.32. The van der Waals surface area contributed by atoms with Gasteiger partial charge in [-0.2, -0.15) is 0 Å². The number of hydrogen-bond donors (Lipinski definition) is 4. The van der Waals surface area contributed by atoms with Crippen molar-refractivity contribution in [1.82, 2.24) is 16.0 Å². The number of carbonyl (C=O) groups excluding carboxylic acids is 2. The molecule has 0 saturated heterocycles. The third-order valence-corrected chi connectivity index (χ3v) is 5.73. The van der Waals surface area contributed by atoms with Gasteiger partial charge in [-0.25, -0.2) is 4.79 Å². The van der Waals surface area contributed by atoms with Gasteiger partial charge in [0.15, 0.2) is 0 Å². The molecule has 2 aliphatic carbocycles. The summed E-state index contributed by atoms with van der Waals surface area (Å²) >= 11 is 5.83. The summed E-state index contributed by atoms with van der Waals surface area (Å²) in [5.41, 5.74) is 7.07. The Morgan fingerprint density at radius 3 is 2.33 bits per heavy atom. The van der Waals surface area contributed by atoms with Crippen LogP contribution in [0.25, 0.3) is 0 Å². The van der Waals surface area contributed by atoms with Crippen LogP contribution in [0.2, 0.25) is 5.02 Å². The zero-order chi connectivity index (χ0) is 18.5. The maximum absolute atomic E-state index is 12.2. The van der Waals surface area contributed by atoms with Crippen LogP contribution in [0, 0.1) is 11.8 Å². The summed E-state index contributed by atoms with van der Waals surface area (Å²) in [6.45, 7) is 0.365. The lowest BCUT2D eigenvalue weighted by molar-refractivity contribution is -0.122. The molecule has 1 aromatic carbocycles. The Kier molecular flexibility index (Phi) is 8.20. The number of urea groups is 1. The van der Waals surface area contributed by atoms with Crippen LogP contribution in [0.15, 0.2) is 24.3 Å². The van der Waals surface area contributed by atoms with E-state index < -0.39 is 0 Å². The largest absolute Gasteiger partial charge is 0.351 e. The smallest absolute Gasteiger partial charge is 0.315 e. The van der Waals surface area contributed by atoms with Gasteiger partial charge in [-0.15, -0.1) is 12.4 Å². The van der Waals surface area contributed by atoms with Crippen molar-refractivity contribution in [3.63, 3.8) is 0 Å². The summed E-state index contributed by atoms with van der Waals surface area (Å²) in [5, 5.41) is 9.13. The van der Waals surface area contributed by atoms with Gasteiger partial charge in [0.1, 0.15) is 0 Å². The van der Waals surface area contributed by atoms with Crippen LogP contribution in [-0.4, -0.2) is 30.6 Å². The van der Waals surface area contributed by atoms with Crippen molar-refractivity contribution in [2.24, 2.45) is 17.6 Å². The van der Waals surface area contributed by atoms with E-state index in [0.717, 1.165) is 31.2 Å². The number of halogens is 2. The van der Waals surface area contributed by atoms with Gasteiger partial charge in [0.25, 0.3) is 0 Å². The fourth-order valence-corrected chi connectivity index (χ4v) is 4.40. The minimum atomic E-state index is -0.360. The van der Waals surface area contributed by atoms with E-state index in [-0.39, 0.29) is 43.0 Å². The average Bonchev–Trinajstić information content (AvgIpc) is 2.60. The first-order chi connectivity index (χ1) is 12.5. The van der Waals surface area contributed by atoms with Gasteiger partial charge in [0, 0.05) is 23.7 Å². The van der Waals surface area contributed by atoms with E-state index in [1.54, 1.807) is 12.1 Å². The molecule has 0 aromatic heterocycles. The summed E-state index contributed by atoms with van der Waals surface area (Å²) < 4.78 is 0. The van der Waals surface area contributed by atoms with E-state index in [0.29, 0.717) is 23.4 Å². The summed E-state index contributed by atoms with van der Waals surface area (Å²) in [7, 11) is 0. The third-order valence-electron chi connectivity index (χ3n) is 5.48. The number of carbonyl (C=O) groups is 2. The molecular weight excluding hydrogens is 387 g/mol. The first-order valence-corrected chi connectivity index (χ1v) is 9.70. The molecular formula is C19H28Cl2N4O2. The van der Waals surface area contributed by atoms with E-state index in [1.807, 2.05) is 12.1 Å². The summed E-state index contributed by atoms with van der Waals surface area (Å²) in [6, 6.07) is 7.35. The maximum Gasteiger partial charge on any atom is 0.315 e. The molecule has 0 aliphatic heterocycles. The minimum Gasteiger partial charge on any atom is -0.351 e. The first kappa shape index (κ1) is 21.8. The number of hydrogen-bond acceptors (Lipinski definition) is 3. The second kappa shape index (κ2) is 10.2. The van der Waals surface area contributed by atoms with Gasteiger partial charge in [0.05, 0.1) is 6.54 Å². The highest BCUT2D eigenvalue weighted by molar-refractivity contribution is 6.30. The van der Waals surface area contributed by atoms with Crippen LogP contribution in [0.4, 0.5) is 4.79 Å². The molecule has 27 heavy (non-hydrogen) atoms. The standard InChI is InChI=1S/C19H27ClN4O2.ClH/c20-15-6-4-12(5-7-15)10-22-19(26)23-11-17(25)24-18-13-2-1-3-14(18)9-16(21)8-13;/h4-7,13-14,16,18H,1-3,8-11,21H2,(H,24,25)(H2,22,23,26);1H. The van der Waals surface area contributed by atoms with Crippen LogP contribution in [0.5, 0.6) is 0 Å². The van der Waals surface area contributed by atoms with Crippen LogP contribution in [-0.2, 0) is 11.3 Å². The Labute approximate surface area is 171 Å². The third kappa shape index (κ3) is 6.26. The molecule has 8 heteroatoms. The lowest BCUT2D eigenvalue weighted by Crippen LogP contribution is -2.55. The number of amides is 3. The molecule has 0 spiro atoms. The molecule has 0 radical (unpaired) electrons. The van der Waals surface area contributed by atoms with E-state index in [4.69, 9.17) is 17.3 Å². The fourth-order valence-electron chi connectivity index (χ4n) is 4.27. The predicted molar refractivity (Wildman–Crippen MR) is 109 cm³/mol. The topological polar surface area (TPSA) is 96.2 Å². The van der Waals surface area contributed by atoms with Crippen molar-refractivity contribution in [2.45, 2.75) is 50.7 Å². The van der Waals surface area contributed by atoms with Gasteiger partial charge < -0.3 is 21.7 Å². The van der Waals surface area contributed by atoms with E-state index in [9.17, 15) is 9.59 Å². The molecule has 150 valence electrons. The molecule has 2 unspecified atom stereocenters. The zero-order valence-corrected chi connectivity index (χ0v) is 16.8. The molecule has 1 aromatic rings. The quantitative estimate of drug-likeness (QED) is 0.595. The lowest BCUT2D eigenvalue weighted by atomic mass is 9.67. The summed E-state index contributed by atoms with van der Waals surface area (Å²) in [6.07, 6.45) is 5.45. The van der Waals surface area contributed by atoms with Crippen LogP contribution < -0.4 is 21.7 Å². The van der Waals surface area contributed by atoms with Crippen molar-refractivity contribution in [3.05, 3.63) is 34.9 Å². The van der Waals surface area contributed by atoms with Crippen LogP contribution >= 0.6 is 24.0 Å². The van der Waals surface area contributed by atoms with Crippen LogP contribution in [0.1, 0.15) is 37.7 Å². The SMILES string of the molecule is Cl.NC1CC2CCCC(C1)C2NC(=O)CNC(=O)NCc1ccc(Cl)cc1. The van der Waals surface area contributed by atoms with E-state index >= 15 is 0 Å². The molecule has 2 atom stereocenters. The van der Waals surface area contributed by atoms with Crippen molar-refractivity contribution >= 4 is 35.9 Å². The minimum absolute atomic E-state index is 0. The molecule has 2 bridgehead atoms.